The zero-order valence-corrected chi connectivity index (χ0v) is 11.7. The fourth-order valence-corrected chi connectivity index (χ4v) is 2.49. The summed E-state index contributed by atoms with van der Waals surface area (Å²) in [6, 6.07) is 4.37. The van der Waals surface area contributed by atoms with Crippen molar-refractivity contribution in [1.29, 1.82) is 0 Å². The predicted molar refractivity (Wildman–Crippen MR) is 76.8 cm³/mol. The van der Waals surface area contributed by atoms with Crippen molar-refractivity contribution in [2.24, 2.45) is 5.92 Å². The van der Waals surface area contributed by atoms with Crippen molar-refractivity contribution in [3.05, 3.63) is 23.9 Å². The summed E-state index contributed by atoms with van der Waals surface area (Å²) in [4.78, 5) is 7.01. The van der Waals surface area contributed by atoms with Gasteiger partial charge in [-0.25, -0.2) is 4.98 Å². The molecule has 100 valence electrons. The molecule has 1 aromatic heterocycles. The summed E-state index contributed by atoms with van der Waals surface area (Å²) in [5.74, 6) is 2.00. The summed E-state index contributed by atoms with van der Waals surface area (Å²) < 4.78 is 0. The minimum atomic E-state index is 0.859. The molecule has 3 nitrogen and oxygen atoms in total. The van der Waals surface area contributed by atoms with Crippen molar-refractivity contribution in [2.45, 2.75) is 39.7 Å². The average molecular weight is 247 g/mol. The van der Waals surface area contributed by atoms with E-state index in [1.54, 1.807) is 0 Å². The highest BCUT2D eigenvalue weighted by Crippen LogP contribution is 2.23. The van der Waals surface area contributed by atoms with Gasteiger partial charge in [0.05, 0.1) is 0 Å². The van der Waals surface area contributed by atoms with Crippen molar-refractivity contribution in [3.8, 4) is 0 Å². The largest absolute Gasteiger partial charge is 0.356 e. The Balaban J connectivity index is 1.87. The number of pyridine rings is 1. The topological polar surface area (TPSA) is 28.2 Å². The zero-order valence-electron chi connectivity index (χ0n) is 11.7. The van der Waals surface area contributed by atoms with Gasteiger partial charge in [0, 0.05) is 25.8 Å². The maximum Gasteiger partial charge on any atom is 0.128 e. The molecule has 3 heteroatoms. The van der Waals surface area contributed by atoms with Gasteiger partial charge in [0.2, 0.25) is 0 Å². The Morgan fingerprint density at radius 3 is 2.89 bits per heavy atom. The van der Waals surface area contributed by atoms with Gasteiger partial charge in [0.1, 0.15) is 5.82 Å². The lowest BCUT2D eigenvalue weighted by molar-refractivity contribution is 0.568. The predicted octanol–water partition coefficient (Wildman–Crippen LogP) is 2.82. The second-order valence-electron chi connectivity index (χ2n) is 5.21. The Morgan fingerprint density at radius 2 is 2.28 bits per heavy atom. The molecular weight excluding hydrogens is 222 g/mol. The van der Waals surface area contributed by atoms with Crippen molar-refractivity contribution < 1.29 is 0 Å². The monoisotopic (exact) mass is 247 g/mol. The van der Waals surface area contributed by atoms with Crippen LogP contribution in [0.5, 0.6) is 0 Å². The number of aromatic nitrogens is 1. The zero-order chi connectivity index (χ0) is 12.8. The first-order valence-corrected chi connectivity index (χ1v) is 7.24. The number of rotatable bonds is 6. The fourth-order valence-electron chi connectivity index (χ4n) is 2.49. The molecule has 1 atom stereocenters. The van der Waals surface area contributed by atoms with Gasteiger partial charge in [-0.2, -0.15) is 0 Å². The first-order chi connectivity index (χ1) is 8.83. The molecule has 1 N–H and O–H groups in total. The summed E-state index contributed by atoms with van der Waals surface area (Å²) in [5, 5.41) is 3.40. The van der Waals surface area contributed by atoms with Crippen LogP contribution in [0, 0.1) is 5.92 Å². The third-order valence-corrected chi connectivity index (χ3v) is 3.75. The molecule has 0 saturated carbocycles. The first-order valence-electron chi connectivity index (χ1n) is 7.24. The van der Waals surface area contributed by atoms with E-state index in [0.29, 0.717) is 0 Å². The van der Waals surface area contributed by atoms with Crippen molar-refractivity contribution in [3.63, 3.8) is 0 Å². The lowest BCUT2D eigenvalue weighted by atomic mass is 10.1. The van der Waals surface area contributed by atoms with Gasteiger partial charge >= 0.3 is 0 Å². The lowest BCUT2D eigenvalue weighted by Gasteiger charge is -2.17. The van der Waals surface area contributed by atoms with Gasteiger partial charge in [-0.15, -0.1) is 0 Å². The molecule has 1 fully saturated rings. The van der Waals surface area contributed by atoms with Crippen LogP contribution >= 0.6 is 0 Å². The fraction of sp³-hybridized carbons (Fsp3) is 0.667. The molecule has 1 saturated heterocycles. The van der Waals surface area contributed by atoms with E-state index in [4.69, 9.17) is 0 Å². The van der Waals surface area contributed by atoms with Crippen LogP contribution in [0.15, 0.2) is 18.3 Å². The van der Waals surface area contributed by atoms with E-state index in [9.17, 15) is 0 Å². The summed E-state index contributed by atoms with van der Waals surface area (Å²) in [5.41, 5.74) is 1.28. The van der Waals surface area contributed by atoms with E-state index in [0.717, 1.165) is 24.8 Å². The molecule has 1 unspecified atom stereocenters. The second kappa shape index (κ2) is 6.74. The number of anilines is 1. The van der Waals surface area contributed by atoms with Gasteiger partial charge in [-0.05, 0) is 36.9 Å². The Kier molecular flexibility index (Phi) is 5.00. The summed E-state index contributed by atoms with van der Waals surface area (Å²) in [6.45, 7) is 8.82. The third kappa shape index (κ3) is 3.45. The molecule has 1 aliphatic rings. The summed E-state index contributed by atoms with van der Waals surface area (Å²) in [6.07, 6.45) is 5.79. The van der Waals surface area contributed by atoms with Gasteiger partial charge in [0.15, 0.2) is 0 Å². The maximum absolute atomic E-state index is 4.59. The van der Waals surface area contributed by atoms with Crippen LogP contribution in [0.4, 0.5) is 5.82 Å². The normalized spacial score (nSPS) is 19.4. The van der Waals surface area contributed by atoms with Crippen LogP contribution in [0.2, 0.25) is 0 Å². The third-order valence-electron chi connectivity index (χ3n) is 3.75. The first kappa shape index (κ1) is 13.3. The Morgan fingerprint density at radius 1 is 1.39 bits per heavy atom. The van der Waals surface area contributed by atoms with E-state index in [1.807, 2.05) is 6.20 Å². The molecule has 1 aliphatic heterocycles. The molecule has 1 aromatic rings. The van der Waals surface area contributed by atoms with Gasteiger partial charge in [-0.3, -0.25) is 0 Å². The smallest absolute Gasteiger partial charge is 0.128 e. The van der Waals surface area contributed by atoms with E-state index in [2.05, 4.69) is 41.2 Å². The highest BCUT2D eigenvalue weighted by atomic mass is 15.2. The van der Waals surface area contributed by atoms with Crippen molar-refractivity contribution >= 4 is 5.82 Å². The molecule has 0 aromatic carbocycles. The van der Waals surface area contributed by atoms with E-state index in [-0.39, 0.29) is 0 Å². The molecule has 2 rings (SSSR count). The van der Waals surface area contributed by atoms with Crippen LogP contribution in [-0.4, -0.2) is 24.6 Å². The minimum absolute atomic E-state index is 0.859. The van der Waals surface area contributed by atoms with Crippen LogP contribution in [0.1, 0.15) is 38.7 Å². The number of hydrogen-bond acceptors (Lipinski definition) is 3. The van der Waals surface area contributed by atoms with Crippen LogP contribution in [-0.2, 0) is 6.54 Å². The summed E-state index contributed by atoms with van der Waals surface area (Å²) >= 11 is 0. The van der Waals surface area contributed by atoms with Crippen LogP contribution in [0.3, 0.4) is 0 Å². The van der Waals surface area contributed by atoms with Gasteiger partial charge in [-0.1, -0.05) is 26.3 Å². The second-order valence-corrected chi connectivity index (χ2v) is 5.21. The minimum Gasteiger partial charge on any atom is -0.356 e. The molecule has 0 spiro atoms. The average Bonchev–Trinajstić information content (AvgIpc) is 2.89. The standard InChI is InChI=1S/C15H25N3/c1-3-8-16-10-14-5-6-15(17-11-14)18-9-7-13(4-2)12-18/h5-6,11,13,16H,3-4,7-10,12H2,1-2H3. The van der Waals surface area contributed by atoms with E-state index >= 15 is 0 Å². The van der Waals surface area contributed by atoms with E-state index < -0.39 is 0 Å². The highest BCUT2D eigenvalue weighted by molar-refractivity contribution is 5.40. The van der Waals surface area contributed by atoms with Gasteiger partial charge in [0.25, 0.3) is 0 Å². The molecule has 0 bridgehead atoms. The molecule has 2 heterocycles. The van der Waals surface area contributed by atoms with Crippen molar-refractivity contribution in [2.75, 3.05) is 24.5 Å². The van der Waals surface area contributed by atoms with Gasteiger partial charge < -0.3 is 10.2 Å². The van der Waals surface area contributed by atoms with E-state index in [1.165, 1.54) is 37.9 Å². The SMILES string of the molecule is CCCNCc1ccc(N2CCC(CC)C2)nc1. The maximum atomic E-state index is 4.59. The molecule has 0 aliphatic carbocycles. The molecular formula is C15H25N3. The van der Waals surface area contributed by atoms with Crippen LogP contribution < -0.4 is 10.2 Å². The number of nitrogens with zero attached hydrogens (tertiary/aromatic N) is 2. The Labute approximate surface area is 111 Å². The van der Waals surface area contributed by atoms with Crippen LogP contribution in [0.25, 0.3) is 0 Å². The lowest BCUT2D eigenvalue weighted by Crippen LogP contribution is -2.21. The number of hydrogen-bond donors (Lipinski definition) is 1. The quantitative estimate of drug-likeness (QED) is 0.784. The van der Waals surface area contributed by atoms with Crippen molar-refractivity contribution in [1.82, 2.24) is 10.3 Å². The molecule has 0 amide bonds. The Hall–Kier alpha value is -1.09. The summed E-state index contributed by atoms with van der Waals surface area (Å²) in [7, 11) is 0. The highest BCUT2D eigenvalue weighted by Gasteiger charge is 2.21. The molecule has 18 heavy (non-hydrogen) atoms. The number of nitrogens with one attached hydrogen (secondary N) is 1. The Bertz CT molecular complexity index is 347. The molecule has 0 radical (unpaired) electrons.